The third-order valence-corrected chi connectivity index (χ3v) is 3.32. The Kier molecular flexibility index (Phi) is 3.78. The summed E-state index contributed by atoms with van der Waals surface area (Å²) >= 11 is 0. The van der Waals surface area contributed by atoms with Crippen LogP contribution in [0.1, 0.15) is 11.5 Å². The number of fused-ring (bicyclic) bond motifs is 1. The van der Waals surface area contributed by atoms with Gasteiger partial charge in [0, 0.05) is 18.2 Å². The summed E-state index contributed by atoms with van der Waals surface area (Å²) in [7, 11) is 1.59. The van der Waals surface area contributed by atoms with Gasteiger partial charge in [-0.15, -0.1) is 0 Å². The Bertz CT molecular complexity index is 824. The fourth-order valence-electron chi connectivity index (χ4n) is 2.35. The van der Waals surface area contributed by atoms with Crippen LogP contribution in [-0.2, 0) is 11.2 Å². The second-order valence-electron chi connectivity index (χ2n) is 4.95. The number of anilines is 1. The number of ether oxygens (including phenoxy) is 1. The lowest BCUT2D eigenvalue weighted by atomic mass is 10.1. The minimum atomic E-state index is -0.107. The van der Waals surface area contributed by atoms with Crippen LogP contribution in [-0.4, -0.2) is 18.0 Å². The van der Waals surface area contributed by atoms with Crippen LogP contribution in [0.15, 0.2) is 46.9 Å². The quantitative estimate of drug-likeness (QED) is 0.802. The number of carbonyl (C=O) groups excluding carboxylic acids is 1. The van der Waals surface area contributed by atoms with Gasteiger partial charge in [0.2, 0.25) is 5.91 Å². The minimum Gasteiger partial charge on any atom is -0.496 e. The average Bonchev–Trinajstić information content (AvgIpc) is 2.87. The molecule has 1 heterocycles. The molecule has 0 aliphatic carbocycles. The normalized spacial score (nSPS) is 10.6. The van der Waals surface area contributed by atoms with E-state index in [1.807, 2.05) is 24.3 Å². The van der Waals surface area contributed by atoms with Gasteiger partial charge in [-0.25, -0.2) is 4.98 Å². The number of rotatable bonds is 4. The van der Waals surface area contributed by atoms with Crippen LogP contribution in [0.25, 0.3) is 11.1 Å². The molecule has 0 bridgehead atoms. The van der Waals surface area contributed by atoms with Crippen molar-refractivity contribution in [1.29, 1.82) is 0 Å². The fourth-order valence-corrected chi connectivity index (χ4v) is 2.35. The first kappa shape index (κ1) is 14.1. The van der Waals surface area contributed by atoms with E-state index in [1.54, 1.807) is 32.2 Å². The molecule has 2 aromatic carbocycles. The topological polar surface area (TPSA) is 64.4 Å². The zero-order chi connectivity index (χ0) is 15.5. The van der Waals surface area contributed by atoms with Gasteiger partial charge in [0.1, 0.15) is 11.3 Å². The minimum absolute atomic E-state index is 0.107. The van der Waals surface area contributed by atoms with Crippen molar-refractivity contribution in [2.45, 2.75) is 13.3 Å². The molecule has 0 atom stereocenters. The van der Waals surface area contributed by atoms with Gasteiger partial charge in [0.05, 0.1) is 13.5 Å². The van der Waals surface area contributed by atoms with Crippen LogP contribution >= 0.6 is 0 Å². The van der Waals surface area contributed by atoms with Crippen LogP contribution in [0.4, 0.5) is 5.69 Å². The van der Waals surface area contributed by atoms with Crippen LogP contribution in [0.3, 0.4) is 0 Å². The third-order valence-electron chi connectivity index (χ3n) is 3.32. The van der Waals surface area contributed by atoms with Crippen LogP contribution in [0.5, 0.6) is 5.75 Å². The first-order valence-corrected chi connectivity index (χ1v) is 6.94. The van der Waals surface area contributed by atoms with E-state index >= 15 is 0 Å². The molecule has 0 aliphatic heterocycles. The van der Waals surface area contributed by atoms with Crippen molar-refractivity contribution in [3.63, 3.8) is 0 Å². The number of oxazole rings is 1. The molecule has 0 radical (unpaired) electrons. The van der Waals surface area contributed by atoms with Crippen molar-refractivity contribution in [3.8, 4) is 5.75 Å². The van der Waals surface area contributed by atoms with Crippen molar-refractivity contribution in [3.05, 3.63) is 53.9 Å². The van der Waals surface area contributed by atoms with Crippen molar-refractivity contribution < 1.29 is 13.9 Å². The molecule has 112 valence electrons. The number of nitrogens with zero attached hydrogens (tertiary/aromatic N) is 1. The van der Waals surface area contributed by atoms with Gasteiger partial charge in [-0.1, -0.05) is 18.2 Å². The largest absolute Gasteiger partial charge is 0.496 e. The first-order chi connectivity index (χ1) is 10.7. The SMILES string of the molecule is COc1ccccc1CC(=O)Nc1ccc2oc(C)nc2c1. The van der Waals surface area contributed by atoms with E-state index in [2.05, 4.69) is 10.3 Å². The van der Waals surface area contributed by atoms with Crippen LogP contribution in [0, 0.1) is 6.92 Å². The smallest absolute Gasteiger partial charge is 0.228 e. The Morgan fingerprint density at radius 3 is 2.91 bits per heavy atom. The summed E-state index contributed by atoms with van der Waals surface area (Å²) in [5.74, 6) is 1.21. The van der Waals surface area contributed by atoms with Crippen LogP contribution in [0.2, 0.25) is 0 Å². The van der Waals surface area contributed by atoms with Crippen molar-refractivity contribution in [1.82, 2.24) is 4.98 Å². The third kappa shape index (κ3) is 2.93. The summed E-state index contributed by atoms with van der Waals surface area (Å²) in [6.07, 6.45) is 0.250. The fraction of sp³-hybridized carbons (Fsp3) is 0.176. The van der Waals surface area contributed by atoms with E-state index in [0.29, 0.717) is 22.9 Å². The van der Waals surface area contributed by atoms with Gasteiger partial charge in [0.25, 0.3) is 0 Å². The maximum Gasteiger partial charge on any atom is 0.228 e. The summed E-state index contributed by atoms with van der Waals surface area (Å²) in [6.45, 7) is 1.79. The lowest BCUT2D eigenvalue weighted by molar-refractivity contribution is -0.115. The highest BCUT2D eigenvalue weighted by atomic mass is 16.5. The Morgan fingerprint density at radius 2 is 2.09 bits per heavy atom. The van der Waals surface area contributed by atoms with E-state index in [9.17, 15) is 4.79 Å². The number of amides is 1. The molecule has 0 spiro atoms. The number of methoxy groups -OCH3 is 1. The molecule has 1 amide bonds. The molecular weight excluding hydrogens is 280 g/mol. The highest BCUT2D eigenvalue weighted by molar-refractivity contribution is 5.94. The lowest BCUT2D eigenvalue weighted by Gasteiger charge is -2.08. The number of aryl methyl sites for hydroxylation is 1. The Labute approximate surface area is 127 Å². The zero-order valence-corrected chi connectivity index (χ0v) is 12.4. The van der Waals surface area contributed by atoms with Gasteiger partial charge >= 0.3 is 0 Å². The molecule has 3 aromatic rings. The molecule has 0 aliphatic rings. The monoisotopic (exact) mass is 296 g/mol. The summed E-state index contributed by atoms with van der Waals surface area (Å²) in [5, 5.41) is 2.87. The molecule has 0 unspecified atom stereocenters. The molecule has 22 heavy (non-hydrogen) atoms. The maximum absolute atomic E-state index is 12.2. The molecule has 3 rings (SSSR count). The van der Waals surface area contributed by atoms with E-state index in [-0.39, 0.29) is 12.3 Å². The molecular formula is C17H16N2O3. The predicted molar refractivity (Wildman–Crippen MR) is 84.1 cm³/mol. The number of hydrogen-bond acceptors (Lipinski definition) is 4. The number of aromatic nitrogens is 1. The Hall–Kier alpha value is -2.82. The van der Waals surface area contributed by atoms with Gasteiger partial charge in [-0.05, 0) is 24.3 Å². The standard InChI is InChI=1S/C17H16N2O3/c1-11-18-14-10-13(7-8-16(14)22-11)19-17(20)9-12-5-3-4-6-15(12)21-2/h3-8,10H,9H2,1-2H3,(H,19,20). The summed E-state index contributed by atoms with van der Waals surface area (Å²) in [6, 6.07) is 12.9. The Morgan fingerprint density at radius 1 is 1.27 bits per heavy atom. The van der Waals surface area contributed by atoms with E-state index in [0.717, 1.165) is 11.1 Å². The van der Waals surface area contributed by atoms with Crippen LogP contribution < -0.4 is 10.1 Å². The predicted octanol–water partition coefficient (Wildman–Crippen LogP) is 3.33. The van der Waals surface area contributed by atoms with Gasteiger partial charge in [0.15, 0.2) is 11.5 Å². The molecule has 1 aromatic heterocycles. The van der Waals surface area contributed by atoms with Gasteiger partial charge < -0.3 is 14.5 Å². The number of benzene rings is 2. The van der Waals surface area contributed by atoms with Gasteiger partial charge in [-0.2, -0.15) is 0 Å². The molecule has 0 fully saturated rings. The van der Waals surface area contributed by atoms with Crippen molar-refractivity contribution in [2.24, 2.45) is 0 Å². The highest BCUT2D eigenvalue weighted by Gasteiger charge is 2.10. The number of hydrogen-bond donors (Lipinski definition) is 1. The zero-order valence-electron chi connectivity index (χ0n) is 12.4. The van der Waals surface area contributed by atoms with Gasteiger partial charge in [-0.3, -0.25) is 4.79 Å². The number of carbonyl (C=O) groups is 1. The number of nitrogens with one attached hydrogen (secondary N) is 1. The summed E-state index contributed by atoms with van der Waals surface area (Å²) in [5.41, 5.74) is 2.98. The lowest BCUT2D eigenvalue weighted by Crippen LogP contribution is -2.14. The average molecular weight is 296 g/mol. The molecule has 5 heteroatoms. The van der Waals surface area contributed by atoms with Crippen molar-refractivity contribution in [2.75, 3.05) is 12.4 Å². The van der Waals surface area contributed by atoms with E-state index in [1.165, 1.54) is 0 Å². The molecule has 0 saturated carbocycles. The molecule has 0 saturated heterocycles. The summed E-state index contributed by atoms with van der Waals surface area (Å²) < 4.78 is 10.7. The van der Waals surface area contributed by atoms with Crippen molar-refractivity contribution >= 4 is 22.7 Å². The van der Waals surface area contributed by atoms with E-state index in [4.69, 9.17) is 9.15 Å². The Balaban J connectivity index is 1.75. The number of para-hydroxylation sites is 1. The molecule has 1 N–H and O–H groups in total. The summed E-state index contributed by atoms with van der Waals surface area (Å²) in [4.78, 5) is 16.4. The second-order valence-corrected chi connectivity index (χ2v) is 4.95. The first-order valence-electron chi connectivity index (χ1n) is 6.94. The highest BCUT2D eigenvalue weighted by Crippen LogP contribution is 2.21. The van der Waals surface area contributed by atoms with E-state index < -0.39 is 0 Å². The molecule has 5 nitrogen and oxygen atoms in total. The maximum atomic E-state index is 12.2. The second kappa shape index (κ2) is 5.89.